The number of hydrogen-bond acceptors (Lipinski definition) is 2. The van der Waals surface area contributed by atoms with Crippen LogP contribution in [0.15, 0.2) is 31.4 Å². The monoisotopic (exact) mass is 256 g/mol. The van der Waals surface area contributed by atoms with Crippen LogP contribution in [-0.4, -0.2) is 18.8 Å². The van der Waals surface area contributed by atoms with Crippen molar-refractivity contribution in [2.45, 2.75) is 6.18 Å². The maximum Gasteiger partial charge on any atom is 0.422 e. The molecule has 0 radical (unpaired) electrons. The van der Waals surface area contributed by atoms with E-state index in [1.807, 2.05) is 0 Å². The zero-order valence-corrected chi connectivity index (χ0v) is 9.46. The molecule has 5 heteroatoms. The van der Waals surface area contributed by atoms with Gasteiger partial charge in [-0.2, -0.15) is 13.2 Å². The average molecular weight is 256 g/mol. The van der Waals surface area contributed by atoms with Crippen molar-refractivity contribution in [1.29, 1.82) is 0 Å². The molecule has 0 aliphatic rings. The van der Waals surface area contributed by atoms with E-state index in [-0.39, 0.29) is 5.56 Å². The van der Waals surface area contributed by atoms with E-state index in [9.17, 15) is 18.0 Å². The van der Waals surface area contributed by atoms with Crippen LogP contribution in [0, 0.1) is 0 Å². The van der Waals surface area contributed by atoms with Crippen molar-refractivity contribution in [3.8, 4) is 0 Å². The van der Waals surface area contributed by atoms with Crippen molar-refractivity contribution in [3.05, 3.63) is 48.0 Å². The summed E-state index contributed by atoms with van der Waals surface area (Å²) < 4.78 is 39.9. The molecule has 96 valence electrons. The molecule has 1 aromatic rings. The topological polar surface area (TPSA) is 26.3 Å². The second-order valence-electron chi connectivity index (χ2n) is 3.49. The minimum atomic E-state index is -4.53. The summed E-state index contributed by atoms with van der Waals surface area (Å²) in [5.41, 5.74) is 1.24. The SMILES string of the molecule is C=Cc1cc(C=C)cc(C(=O)OCC(F)(F)F)c1. The summed E-state index contributed by atoms with van der Waals surface area (Å²) in [6.07, 6.45) is -1.58. The van der Waals surface area contributed by atoms with E-state index >= 15 is 0 Å². The molecule has 0 bridgehead atoms. The van der Waals surface area contributed by atoms with Gasteiger partial charge < -0.3 is 4.74 Å². The fourth-order valence-electron chi connectivity index (χ4n) is 1.26. The lowest BCUT2D eigenvalue weighted by Gasteiger charge is -2.09. The van der Waals surface area contributed by atoms with Gasteiger partial charge in [-0.1, -0.05) is 25.3 Å². The fourth-order valence-corrected chi connectivity index (χ4v) is 1.26. The quantitative estimate of drug-likeness (QED) is 0.768. The van der Waals surface area contributed by atoms with E-state index in [0.717, 1.165) is 0 Å². The van der Waals surface area contributed by atoms with Crippen molar-refractivity contribution in [2.24, 2.45) is 0 Å². The number of benzene rings is 1. The summed E-state index contributed by atoms with van der Waals surface area (Å²) in [5, 5.41) is 0. The minimum Gasteiger partial charge on any atom is -0.452 e. The minimum absolute atomic E-state index is 0.0338. The van der Waals surface area contributed by atoms with E-state index in [1.54, 1.807) is 6.07 Å². The van der Waals surface area contributed by atoms with Gasteiger partial charge in [0, 0.05) is 0 Å². The van der Waals surface area contributed by atoms with Crippen LogP contribution in [-0.2, 0) is 4.74 Å². The second-order valence-corrected chi connectivity index (χ2v) is 3.49. The number of carbonyl (C=O) groups excluding carboxylic acids is 1. The van der Waals surface area contributed by atoms with E-state index in [0.29, 0.717) is 11.1 Å². The number of halogens is 3. The lowest BCUT2D eigenvalue weighted by molar-refractivity contribution is -0.161. The predicted octanol–water partition coefficient (Wildman–Crippen LogP) is 3.69. The van der Waals surface area contributed by atoms with Gasteiger partial charge in [0.15, 0.2) is 6.61 Å². The molecule has 0 amide bonds. The van der Waals surface area contributed by atoms with Crippen LogP contribution >= 0.6 is 0 Å². The highest BCUT2D eigenvalue weighted by Gasteiger charge is 2.29. The number of ether oxygens (including phenoxy) is 1. The molecule has 0 aliphatic carbocycles. The lowest BCUT2D eigenvalue weighted by atomic mass is 10.1. The summed E-state index contributed by atoms with van der Waals surface area (Å²) in [4.78, 5) is 11.4. The van der Waals surface area contributed by atoms with Crippen molar-refractivity contribution < 1.29 is 22.7 Å². The molecule has 0 N–H and O–H groups in total. The first kappa shape index (κ1) is 14.0. The molecule has 0 saturated carbocycles. The fraction of sp³-hybridized carbons (Fsp3) is 0.154. The molecule has 2 nitrogen and oxygen atoms in total. The standard InChI is InChI=1S/C13H11F3O2/c1-3-9-5-10(4-2)7-11(6-9)12(17)18-8-13(14,15)16/h3-7H,1-2,8H2. The van der Waals surface area contributed by atoms with E-state index in [1.165, 1.54) is 24.3 Å². The molecular weight excluding hydrogens is 245 g/mol. The largest absolute Gasteiger partial charge is 0.452 e. The predicted molar refractivity (Wildman–Crippen MR) is 63.0 cm³/mol. The maximum absolute atomic E-state index is 11.9. The lowest BCUT2D eigenvalue weighted by Crippen LogP contribution is -2.20. The molecule has 0 fully saturated rings. The number of rotatable bonds is 4. The molecule has 0 saturated heterocycles. The van der Waals surface area contributed by atoms with E-state index in [4.69, 9.17) is 0 Å². The Balaban J connectivity index is 2.91. The smallest absolute Gasteiger partial charge is 0.422 e. The Hall–Kier alpha value is -2.04. The summed E-state index contributed by atoms with van der Waals surface area (Å²) in [7, 11) is 0. The Kier molecular flexibility index (Phi) is 4.31. The van der Waals surface area contributed by atoms with Crippen LogP contribution < -0.4 is 0 Å². The number of esters is 1. The first-order valence-electron chi connectivity index (χ1n) is 4.99. The Bertz CT molecular complexity index is 449. The van der Waals surface area contributed by atoms with Gasteiger partial charge in [-0.05, 0) is 29.3 Å². The van der Waals surface area contributed by atoms with Crippen LogP contribution in [0.2, 0.25) is 0 Å². The van der Waals surface area contributed by atoms with Gasteiger partial charge in [-0.3, -0.25) is 0 Å². The number of alkyl halides is 3. The molecule has 0 heterocycles. The molecule has 1 rings (SSSR count). The van der Waals surface area contributed by atoms with Crippen molar-refractivity contribution in [1.82, 2.24) is 0 Å². The molecule has 0 atom stereocenters. The normalized spacial score (nSPS) is 10.8. The molecular formula is C13H11F3O2. The third kappa shape index (κ3) is 4.08. The highest BCUT2D eigenvalue weighted by atomic mass is 19.4. The zero-order chi connectivity index (χ0) is 13.8. The first-order valence-corrected chi connectivity index (χ1v) is 4.99. The van der Waals surface area contributed by atoms with E-state index in [2.05, 4.69) is 17.9 Å². The highest BCUT2D eigenvalue weighted by Crippen LogP contribution is 2.17. The zero-order valence-electron chi connectivity index (χ0n) is 9.46. The van der Waals surface area contributed by atoms with Crippen LogP contribution in [0.3, 0.4) is 0 Å². The van der Waals surface area contributed by atoms with Crippen LogP contribution in [0.25, 0.3) is 12.2 Å². The van der Waals surface area contributed by atoms with Gasteiger partial charge >= 0.3 is 12.1 Å². The third-order valence-electron chi connectivity index (χ3n) is 2.05. The summed E-state index contributed by atoms with van der Waals surface area (Å²) >= 11 is 0. The van der Waals surface area contributed by atoms with Crippen LogP contribution in [0.5, 0.6) is 0 Å². The molecule has 1 aromatic carbocycles. The van der Waals surface area contributed by atoms with Gasteiger partial charge in [0.1, 0.15) is 0 Å². The number of carbonyl (C=O) groups is 1. The molecule has 18 heavy (non-hydrogen) atoms. The van der Waals surface area contributed by atoms with Crippen molar-refractivity contribution in [3.63, 3.8) is 0 Å². The maximum atomic E-state index is 11.9. The summed E-state index contributed by atoms with van der Waals surface area (Å²) in [6, 6.07) is 4.50. The van der Waals surface area contributed by atoms with Gasteiger partial charge in [0.2, 0.25) is 0 Å². The summed E-state index contributed by atoms with van der Waals surface area (Å²) in [5.74, 6) is -1.03. The Morgan fingerprint density at radius 2 is 1.67 bits per heavy atom. The van der Waals surface area contributed by atoms with Crippen molar-refractivity contribution >= 4 is 18.1 Å². The van der Waals surface area contributed by atoms with Crippen molar-refractivity contribution in [2.75, 3.05) is 6.61 Å². The molecule has 0 unspecified atom stereocenters. The third-order valence-corrected chi connectivity index (χ3v) is 2.05. The van der Waals surface area contributed by atoms with Gasteiger partial charge in [-0.15, -0.1) is 0 Å². The van der Waals surface area contributed by atoms with Crippen LogP contribution in [0.4, 0.5) is 13.2 Å². The molecule has 0 spiro atoms. The Morgan fingerprint density at radius 3 is 2.06 bits per heavy atom. The second kappa shape index (κ2) is 5.53. The summed E-state index contributed by atoms with van der Waals surface area (Å²) in [6.45, 7) is 5.45. The van der Waals surface area contributed by atoms with Gasteiger partial charge in [-0.25, -0.2) is 4.79 Å². The van der Waals surface area contributed by atoms with E-state index < -0.39 is 18.8 Å². The molecule has 0 aliphatic heterocycles. The Labute approximate surface area is 102 Å². The Morgan fingerprint density at radius 1 is 1.17 bits per heavy atom. The number of hydrogen-bond donors (Lipinski definition) is 0. The average Bonchev–Trinajstić information content (AvgIpc) is 2.34. The first-order chi connectivity index (χ1) is 8.35. The van der Waals surface area contributed by atoms with Gasteiger partial charge in [0.05, 0.1) is 5.56 Å². The molecule has 0 aromatic heterocycles. The van der Waals surface area contributed by atoms with Gasteiger partial charge in [0.25, 0.3) is 0 Å². The highest BCUT2D eigenvalue weighted by molar-refractivity contribution is 5.91. The van der Waals surface area contributed by atoms with Crippen LogP contribution in [0.1, 0.15) is 21.5 Å².